The molecule has 0 amide bonds. The summed E-state index contributed by atoms with van der Waals surface area (Å²) in [6, 6.07) is 0.564. The highest BCUT2D eigenvalue weighted by atomic mass is 16.5. The number of rotatable bonds is 4. The second-order valence-electron chi connectivity index (χ2n) is 6.78. The van der Waals surface area contributed by atoms with Gasteiger partial charge in [-0.1, -0.05) is 6.42 Å². The Morgan fingerprint density at radius 1 is 1.35 bits per heavy atom. The number of nitrogens with one attached hydrogen (secondary N) is 1. The van der Waals surface area contributed by atoms with Crippen molar-refractivity contribution >= 4 is 0 Å². The summed E-state index contributed by atoms with van der Waals surface area (Å²) in [5.41, 5.74) is 0.108. The van der Waals surface area contributed by atoms with Crippen LogP contribution in [0.4, 0.5) is 0 Å². The molecule has 0 aromatic heterocycles. The van der Waals surface area contributed by atoms with Crippen LogP contribution in [0.5, 0.6) is 0 Å². The third-order valence-electron chi connectivity index (χ3n) is 5.76. The molecule has 5 atom stereocenters. The molecule has 0 aromatic carbocycles. The Bertz CT molecular complexity index is 272. The van der Waals surface area contributed by atoms with Gasteiger partial charge < -0.3 is 10.1 Å². The molecule has 0 radical (unpaired) electrons. The van der Waals surface area contributed by atoms with Crippen LogP contribution in [0.1, 0.15) is 51.9 Å². The summed E-state index contributed by atoms with van der Waals surface area (Å²) in [5.74, 6) is 3.09. The average molecular weight is 237 g/mol. The van der Waals surface area contributed by atoms with Gasteiger partial charge in [-0.15, -0.1) is 0 Å². The van der Waals surface area contributed by atoms with Gasteiger partial charge in [-0.2, -0.15) is 0 Å². The van der Waals surface area contributed by atoms with E-state index in [2.05, 4.69) is 19.3 Å². The van der Waals surface area contributed by atoms with E-state index in [1.807, 2.05) is 0 Å². The fourth-order valence-electron chi connectivity index (χ4n) is 4.72. The quantitative estimate of drug-likeness (QED) is 0.811. The maximum Gasteiger partial charge on any atom is 0.0807 e. The van der Waals surface area contributed by atoms with Crippen molar-refractivity contribution in [1.82, 2.24) is 5.32 Å². The Morgan fingerprint density at radius 3 is 2.76 bits per heavy atom. The molecular weight excluding hydrogens is 210 g/mol. The van der Waals surface area contributed by atoms with Gasteiger partial charge in [0.05, 0.1) is 5.60 Å². The molecule has 3 rings (SSSR count). The molecule has 5 unspecified atom stereocenters. The first-order chi connectivity index (χ1) is 8.21. The van der Waals surface area contributed by atoms with E-state index < -0.39 is 0 Å². The third kappa shape index (κ3) is 2.15. The van der Waals surface area contributed by atoms with Crippen molar-refractivity contribution in [2.24, 2.45) is 17.8 Å². The predicted molar refractivity (Wildman–Crippen MR) is 70.0 cm³/mol. The summed E-state index contributed by atoms with van der Waals surface area (Å²) in [7, 11) is 2.12. The molecule has 1 heterocycles. The molecular formula is C15H27NO. The van der Waals surface area contributed by atoms with Gasteiger partial charge in [-0.25, -0.2) is 0 Å². The second kappa shape index (κ2) is 4.55. The summed E-state index contributed by atoms with van der Waals surface area (Å²) in [5, 5.41) is 3.55. The largest absolute Gasteiger partial charge is 0.374 e. The minimum atomic E-state index is 0.108. The zero-order valence-corrected chi connectivity index (χ0v) is 11.4. The number of fused-ring (bicyclic) bond motifs is 2. The van der Waals surface area contributed by atoms with E-state index in [1.54, 1.807) is 0 Å². The summed E-state index contributed by atoms with van der Waals surface area (Å²) < 4.78 is 6.02. The van der Waals surface area contributed by atoms with Gasteiger partial charge in [0.25, 0.3) is 0 Å². The van der Waals surface area contributed by atoms with Crippen molar-refractivity contribution in [1.29, 1.82) is 0 Å². The zero-order valence-electron chi connectivity index (χ0n) is 11.4. The van der Waals surface area contributed by atoms with E-state index in [9.17, 15) is 0 Å². The number of hydrogen-bond donors (Lipinski definition) is 1. The van der Waals surface area contributed by atoms with Crippen LogP contribution in [0.3, 0.4) is 0 Å². The van der Waals surface area contributed by atoms with Crippen molar-refractivity contribution in [3.8, 4) is 0 Å². The molecule has 1 N–H and O–H groups in total. The van der Waals surface area contributed by atoms with Crippen molar-refractivity contribution in [2.45, 2.75) is 63.5 Å². The Morgan fingerprint density at radius 2 is 2.24 bits per heavy atom. The molecule has 1 aliphatic heterocycles. The fourth-order valence-corrected chi connectivity index (χ4v) is 4.72. The van der Waals surface area contributed by atoms with Crippen LogP contribution in [0, 0.1) is 17.8 Å². The van der Waals surface area contributed by atoms with Crippen molar-refractivity contribution in [3.05, 3.63) is 0 Å². The first kappa shape index (κ1) is 12.0. The van der Waals surface area contributed by atoms with Crippen LogP contribution in [0.15, 0.2) is 0 Å². The highest BCUT2D eigenvalue weighted by Gasteiger charge is 2.44. The van der Waals surface area contributed by atoms with E-state index in [0.29, 0.717) is 6.04 Å². The van der Waals surface area contributed by atoms with Gasteiger partial charge >= 0.3 is 0 Å². The Balaban J connectivity index is 1.62. The first-order valence-corrected chi connectivity index (χ1v) is 7.52. The van der Waals surface area contributed by atoms with E-state index in [1.165, 1.54) is 44.9 Å². The second-order valence-corrected chi connectivity index (χ2v) is 6.78. The highest BCUT2D eigenvalue weighted by Crippen LogP contribution is 2.50. The summed E-state index contributed by atoms with van der Waals surface area (Å²) in [4.78, 5) is 0. The normalized spacial score (nSPS) is 46.6. The van der Waals surface area contributed by atoms with Gasteiger partial charge in [0.1, 0.15) is 0 Å². The van der Waals surface area contributed by atoms with Crippen LogP contribution in [-0.2, 0) is 4.74 Å². The van der Waals surface area contributed by atoms with E-state index in [0.717, 1.165) is 24.4 Å². The topological polar surface area (TPSA) is 21.3 Å². The molecule has 17 heavy (non-hydrogen) atoms. The molecule has 2 aliphatic carbocycles. The standard InChI is InChI=1S/C15H27NO/c1-15(6-3-7-17-15)14(16-2)10-13-9-11-4-5-12(13)8-11/h11-14,16H,3-10H2,1-2H3. The Kier molecular flexibility index (Phi) is 3.20. The molecule has 0 spiro atoms. The van der Waals surface area contributed by atoms with E-state index in [-0.39, 0.29) is 5.60 Å². The lowest BCUT2D eigenvalue weighted by atomic mass is 9.79. The van der Waals surface area contributed by atoms with Gasteiger partial charge in [0.15, 0.2) is 0 Å². The lowest BCUT2D eigenvalue weighted by molar-refractivity contribution is -0.0182. The zero-order chi connectivity index (χ0) is 11.9. The van der Waals surface area contributed by atoms with Crippen molar-refractivity contribution in [3.63, 3.8) is 0 Å². The van der Waals surface area contributed by atoms with Crippen LogP contribution < -0.4 is 5.32 Å². The molecule has 2 bridgehead atoms. The third-order valence-corrected chi connectivity index (χ3v) is 5.76. The van der Waals surface area contributed by atoms with Crippen molar-refractivity contribution in [2.75, 3.05) is 13.7 Å². The molecule has 3 fully saturated rings. The van der Waals surface area contributed by atoms with Crippen LogP contribution in [0.25, 0.3) is 0 Å². The number of likely N-dealkylation sites (N-methyl/N-ethyl adjacent to an activating group) is 1. The summed E-state index contributed by atoms with van der Waals surface area (Å²) in [6.07, 6.45) is 9.86. The predicted octanol–water partition coefficient (Wildman–Crippen LogP) is 2.97. The van der Waals surface area contributed by atoms with Gasteiger partial charge in [0.2, 0.25) is 0 Å². The lowest BCUT2D eigenvalue weighted by Gasteiger charge is -2.36. The average Bonchev–Trinajstić information content (AvgIpc) is 3.01. The Hall–Kier alpha value is -0.0800. The van der Waals surface area contributed by atoms with E-state index >= 15 is 0 Å². The monoisotopic (exact) mass is 237 g/mol. The molecule has 1 saturated heterocycles. The molecule has 98 valence electrons. The van der Waals surface area contributed by atoms with E-state index in [4.69, 9.17) is 4.74 Å². The minimum absolute atomic E-state index is 0.108. The summed E-state index contributed by atoms with van der Waals surface area (Å²) >= 11 is 0. The number of hydrogen-bond acceptors (Lipinski definition) is 2. The Labute approximate surface area is 105 Å². The smallest absolute Gasteiger partial charge is 0.0807 e. The maximum absolute atomic E-state index is 6.02. The molecule has 3 aliphatic rings. The van der Waals surface area contributed by atoms with Crippen molar-refractivity contribution < 1.29 is 4.74 Å². The minimum Gasteiger partial charge on any atom is -0.374 e. The van der Waals surface area contributed by atoms with Gasteiger partial charge in [0, 0.05) is 12.6 Å². The SMILES string of the molecule is CNC(CC1CC2CCC1C2)C1(C)CCCO1. The molecule has 2 heteroatoms. The molecule has 0 aromatic rings. The van der Waals surface area contributed by atoms with Crippen LogP contribution in [0.2, 0.25) is 0 Å². The number of ether oxygens (including phenoxy) is 1. The van der Waals surface area contributed by atoms with Crippen LogP contribution in [-0.4, -0.2) is 25.3 Å². The maximum atomic E-state index is 6.02. The fraction of sp³-hybridized carbons (Fsp3) is 1.00. The van der Waals surface area contributed by atoms with Crippen LogP contribution >= 0.6 is 0 Å². The van der Waals surface area contributed by atoms with Gasteiger partial charge in [-0.05, 0) is 70.3 Å². The highest BCUT2D eigenvalue weighted by molar-refractivity contribution is 4.97. The summed E-state index contributed by atoms with van der Waals surface area (Å²) in [6.45, 7) is 3.28. The van der Waals surface area contributed by atoms with Gasteiger partial charge in [-0.3, -0.25) is 0 Å². The molecule has 2 nitrogen and oxygen atoms in total. The molecule has 2 saturated carbocycles. The first-order valence-electron chi connectivity index (χ1n) is 7.52. The lowest BCUT2D eigenvalue weighted by Crippen LogP contribution is -2.48.